The molecular weight excluding hydrogens is 219 g/mol. The van der Waals surface area contributed by atoms with Crippen LogP contribution in [0.2, 0.25) is 0 Å². The number of hydrogen-bond acceptors (Lipinski definition) is 2. The SMILES string of the molecule is Cc1cncc(-c2ncc(C(F)(F)F)[nH]2)c1. The van der Waals surface area contributed by atoms with Gasteiger partial charge in [-0.05, 0) is 18.6 Å². The molecule has 0 unspecified atom stereocenters. The summed E-state index contributed by atoms with van der Waals surface area (Å²) >= 11 is 0. The summed E-state index contributed by atoms with van der Waals surface area (Å²) in [5.41, 5.74) is 0.543. The first-order valence-corrected chi connectivity index (χ1v) is 4.51. The van der Waals surface area contributed by atoms with E-state index < -0.39 is 11.9 Å². The van der Waals surface area contributed by atoms with Gasteiger partial charge in [-0.2, -0.15) is 13.2 Å². The van der Waals surface area contributed by atoms with E-state index in [0.29, 0.717) is 5.56 Å². The average Bonchev–Trinajstić information content (AvgIpc) is 2.65. The minimum atomic E-state index is -4.40. The van der Waals surface area contributed by atoms with Crippen LogP contribution in [0, 0.1) is 6.92 Å². The monoisotopic (exact) mass is 227 g/mol. The third-order valence-corrected chi connectivity index (χ3v) is 2.03. The Bertz CT molecular complexity index is 502. The van der Waals surface area contributed by atoms with Gasteiger partial charge in [0.1, 0.15) is 11.5 Å². The summed E-state index contributed by atoms with van der Waals surface area (Å²) in [5, 5.41) is 0. The molecule has 16 heavy (non-hydrogen) atoms. The molecule has 2 aromatic rings. The maximum atomic E-state index is 12.3. The van der Waals surface area contributed by atoms with Crippen LogP contribution >= 0.6 is 0 Å². The molecule has 0 aliphatic rings. The first-order chi connectivity index (χ1) is 7.47. The zero-order chi connectivity index (χ0) is 11.8. The lowest BCUT2D eigenvalue weighted by molar-refractivity contribution is -0.140. The number of H-pyrrole nitrogens is 1. The first kappa shape index (κ1) is 10.7. The summed E-state index contributed by atoms with van der Waals surface area (Å²) < 4.78 is 36.9. The Kier molecular flexibility index (Phi) is 2.41. The van der Waals surface area contributed by atoms with Gasteiger partial charge >= 0.3 is 6.18 Å². The van der Waals surface area contributed by atoms with E-state index in [9.17, 15) is 13.2 Å². The molecule has 84 valence electrons. The number of aryl methyl sites for hydroxylation is 1. The number of imidazole rings is 1. The van der Waals surface area contributed by atoms with Crippen molar-refractivity contribution in [3.05, 3.63) is 35.9 Å². The molecule has 0 spiro atoms. The van der Waals surface area contributed by atoms with Gasteiger partial charge in [0, 0.05) is 18.0 Å². The summed E-state index contributed by atoms with van der Waals surface area (Å²) in [7, 11) is 0. The lowest BCUT2D eigenvalue weighted by Crippen LogP contribution is -2.04. The highest BCUT2D eigenvalue weighted by atomic mass is 19.4. The lowest BCUT2D eigenvalue weighted by Gasteiger charge is -2.01. The summed E-state index contributed by atoms with van der Waals surface area (Å²) in [5.74, 6) is 0.170. The Labute approximate surface area is 89.4 Å². The number of halogens is 3. The van der Waals surface area contributed by atoms with Crippen molar-refractivity contribution in [2.45, 2.75) is 13.1 Å². The van der Waals surface area contributed by atoms with Crippen molar-refractivity contribution in [3.63, 3.8) is 0 Å². The number of nitrogens with zero attached hydrogens (tertiary/aromatic N) is 2. The summed E-state index contributed by atoms with van der Waals surface area (Å²) in [6.07, 6.45) is -0.538. The summed E-state index contributed by atoms with van der Waals surface area (Å²) in [6.45, 7) is 1.81. The van der Waals surface area contributed by atoms with Gasteiger partial charge < -0.3 is 4.98 Å². The minimum Gasteiger partial charge on any atom is -0.334 e. The van der Waals surface area contributed by atoms with Crippen molar-refractivity contribution in [2.24, 2.45) is 0 Å². The lowest BCUT2D eigenvalue weighted by atomic mass is 10.2. The molecule has 0 fully saturated rings. The Balaban J connectivity index is 2.39. The molecule has 3 nitrogen and oxygen atoms in total. The average molecular weight is 227 g/mol. The van der Waals surface area contributed by atoms with E-state index in [-0.39, 0.29) is 5.82 Å². The van der Waals surface area contributed by atoms with Gasteiger partial charge in [0.25, 0.3) is 0 Å². The van der Waals surface area contributed by atoms with Gasteiger partial charge in [-0.15, -0.1) is 0 Å². The van der Waals surface area contributed by atoms with E-state index >= 15 is 0 Å². The molecule has 0 bridgehead atoms. The molecule has 0 aliphatic carbocycles. The molecule has 2 aromatic heterocycles. The second-order valence-corrected chi connectivity index (χ2v) is 3.39. The number of pyridine rings is 1. The van der Waals surface area contributed by atoms with Gasteiger partial charge in [-0.25, -0.2) is 4.98 Å². The third-order valence-electron chi connectivity index (χ3n) is 2.03. The number of aromatic nitrogens is 3. The Morgan fingerprint density at radius 1 is 1.19 bits per heavy atom. The predicted octanol–water partition coefficient (Wildman–Crippen LogP) is 2.80. The van der Waals surface area contributed by atoms with Crippen molar-refractivity contribution in [3.8, 4) is 11.4 Å². The van der Waals surface area contributed by atoms with Crippen LogP contribution < -0.4 is 0 Å². The van der Waals surface area contributed by atoms with Gasteiger partial charge in [-0.1, -0.05) is 0 Å². The number of nitrogens with one attached hydrogen (secondary N) is 1. The number of hydrogen-bond donors (Lipinski definition) is 1. The minimum absolute atomic E-state index is 0.170. The molecule has 2 heterocycles. The first-order valence-electron chi connectivity index (χ1n) is 4.51. The maximum absolute atomic E-state index is 12.3. The molecule has 0 atom stereocenters. The third kappa shape index (κ3) is 2.05. The standard InChI is InChI=1S/C10H8F3N3/c1-6-2-7(4-14-3-6)9-15-5-8(16-9)10(11,12)13/h2-5H,1H3,(H,15,16). The van der Waals surface area contributed by atoms with Gasteiger partial charge in [0.2, 0.25) is 0 Å². The zero-order valence-corrected chi connectivity index (χ0v) is 8.34. The second kappa shape index (κ2) is 3.62. The highest BCUT2D eigenvalue weighted by Gasteiger charge is 2.33. The van der Waals surface area contributed by atoms with Crippen LogP contribution in [-0.4, -0.2) is 15.0 Å². The fourth-order valence-electron chi connectivity index (χ4n) is 1.30. The van der Waals surface area contributed by atoms with Crippen LogP contribution in [0.25, 0.3) is 11.4 Å². The van der Waals surface area contributed by atoms with Crippen molar-refractivity contribution in [2.75, 3.05) is 0 Å². The highest BCUT2D eigenvalue weighted by Crippen LogP contribution is 2.29. The Morgan fingerprint density at radius 3 is 2.50 bits per heavy atom. The molecule has 0 saturated carbocycles. The van der Waals surface area contributed by atoms with Crippen LogP contribution in [0.5, 0.6) is 0 Å². The van der Waals surface area contributed by atoms with Crippen molar-refractivity contribution in [1.29, 1.82) is 0 Å². The summed E-state index contributed by atoms with van der Waals surface area (Å²) in [4.78, 5) is 9.79. The van der Waals surface area contributed by atoms with E-state index in [4.69, 9.17) is 0 Å². The molecule has 0 aromatic carbocycles. The topological polar surface area (TPSA) is 41.6 Å². The van der Waals surface area contributed by atoms with Crippen LogP contribution in [0.3, 0.4) is 0 Å². The normalized spacial score (nSPS) is 11.8. The molecule has 2 rings (SSSR count). The van der Waals surface area contributed by atoms with E-state index in [0.717, 1.165) is 11.8 Å². The predicted molar refractivity (Wildman–Crippen MR) is 51.6 cm³/mol. The molecule has 0 aliphatic heterocycles. The maximum Gasteiger partial charge on any atom is 0.432 e. The van der Waals surface area contributed by atoms with Crippen LogP contribution in [0.4, 0.5) is 13.2 Å². The molecule has 1 N–H and O–H groups in total. The van der Waals surface area contributed by atoms with E-state index in [2.05, 4.69) is 15.0 Å². The van der Waals surface area contributed by atoms with Crippen molar-refractivity contribution in [1.82, 2.24) is 15.0 Å². The van der Waals surface area contributed by atoms with Crippen molar-refractivity contribution < 1.29 is 13.2 Å². The zero-order valence-electron chi connectivity index (χ0n) is 8.34. The smallest absolute Gasteiger partial charge is 0.334 e. The van der Waals surface area contributed by atoms with Crippen molar-refractivity contribution >= 4 is 0 Å². The quantitative estimate of drug-likeness (QED) is 0.813. The molecule has 6 heteroatoms. The molecular formula is C10H8F3N3. The molecule has 0 amide bonds. The van der Waals surface area contributed by atoms with Crippen LogP contribution in [-0.2, 0) is 6.18 Å². The Hall–Kier alpha value is -1.85. The molecule has 0 radical (unpaired) electrons. The van der Waals surface area contributed by atoms with E-state index in [1.165, 1.54) is 6.20 Å². The number of rotatable bonds is 1. The summed E-state index contributed by atoms with van der Waals surface area (Å²) in [6, 6.07) is 1.71. The molecule has 0 saturated heterocycles. The van der Waals surface area contributed by atoms with E-state index in [1.807, 2.05) is 6.92 Å². The van der Waals surface area contributed by atoms with Gasteiger partial charge in [0.15, 0.2) is 0 Å². The number of aromatic amines is 1. The fourth-order valence-corrected chi connectivity index (χ4v) is 1.30. The second-order valence-electron chi connectivity index (χ2n) is 3.39. The Morgan fingerprint density at radius 2 is 1.94 bits per heavy atom. The van der Waals surface area contributed by atoms with Crippen LogP contribution in [0.15, 0.2) is 24.7 Å². The van der Waals surface area contributed by atoms with E-state index in [1.54, 1.807) is 12.3 Å². The van der Waals surface area contributed by atoms with Crippen LogP contribution in [0.1, 0.15) is 11.3 Å². The van der Waals surface area contributed by atoms with Gasteiger partial charge in [-0.3, -0.25) is 4.98 Å². The van der Waals surface area contributed by atoms with Gasteiger partial charge in [0.05, 0.1) is 6.20 Å². The number of alkyl halides is 3. The highest BCUT2D eigenvalue weighted by molar-refractivity contribution is 5.54. The largest absolute Gasteiger partial charge is 0.432 e. The fraction of sp³-hybridized carbons (Fsp3) is 0.200.